The van der Waals surface area contributed by atoms with Crippen LogP contribution in [-0.2, 0) is 16.1 Å². The number of benzene rings is 1. The lowest BCUT2D eigenvalue weighted by atomic mass is 10.1. The van der Waals surface area contributed by atoms with Crippen LogP contribution in [0.4, 0.5) is 0 Å². The number of aromatic nitrogens is 1. The SMILES string of the molecule is CCOC(=O)/C(C)=N/NC(=O)c1cc[n+](CC(=O)c2ccc(Cl)cc2)cc1.[Br-]. The number of esters is 1. The number of rotatable bonds is 7. The predicted molar refractivity (Wildman–Crippen MR) is 99.6 cm³/mol. The molecule has 0 aliphatic heterocycles. The summed E-state index contributed by atoms with van der Waals surface area (Å²) in [6, 6.07) is 9.75. The molecule has 0 atom stereocenters. The van der Waals surface area contributed by atoms with Gasteiger partial charge in [0.05, 0.1) is 12.2 Å². The Morgan fingerprint density at radius 2 is 1.68 bits per heavy atom. The number of Topliss-reactive ketones (excluding diaryl/α,β-unsaturated/α-hetero) is 1. The molecule has 2 aromatic rings. The van der Waals surface area contributed by atoms with Crippen molar-refractivity contribution >= 4 is 35.0 Å². The first kappa shape index (κ1) is 23.5. The van der Waals surface area contributed by atoms with Crippen molar-refractivity contribution in [3.63, 3.8) is 0 Å². The van der Waals surface area contributed by atoms with Crippen LogP contribution in [0, 0.1) is 0 Å². The van der Waals surface area contributed by atoms with Crippen molar-refractivity contribution in [2.24, 2.45) is 5.10 Å². The van der Waals surface area contributed by atoms with Gasteiger partial charge in [0, 0.05) is 22.7 Å². The largest absolute Gasteiger partial charge is 1.00 e. The molecule has 0 aliphatic carbocycles. The molecule has 1 aromatic carbocycles. The molecule has 9 heteroatoms. The molecule has 148 valence electrons. The normalized spacial score (nSPS) is 10.6. The molecule has 1 heterocycles. The van der Waals surface area contributed by atoms with Gasteiger partial charge in [-0.25, -0.2) is 10.2 Å². The summed E-state index contributed by atoms with van der Waals surface area (Å²) in [6.07, 6.45) is 3.23. The second kappa shape index (κ2) is 11.3. The molecule has 0 saturated heterocycles. The molecule has 1 N–H and O–H groups in total. The van der Waals surface area contributed by atoms with Gasteiger partial charge in [0.25, 0.3) is 5.91 Å². The molecule has 1 amide bonds. The van der Waals surface area contributed by atoms with E-state index in [0.29, 0.717) is 16.1 Å². The van der Waals surface area contributed by atoms with Crippen LogP contribution >= 0.6 is 11.6 Å². The van der Waals surface area contributed by atoms with Gasteiger partial charge in [-0.05, 0) is 38.1 Å². The zero-order chi connectivity index (χ0) is 19.8. The van der Waals surface area contributed by atoms with Gasteiger partial charge in [0.15, 0.2) is 12.4 Å². The average molecular weight is 469 g/mol. The van der Waals surface area contributed by atoms with Crippen molar-refractivity contribution in [3.8, 4) is 0 Å². The lowest BCUT2D eigenvalue weighted by molar-refractivity contribution is -0.683. The zero-order valence-corrected chi connectivity index (χ0v) is 17.7. The second-order valence-corrected chi connectivity index (χ2v) is 5.98. The molecule has 0 radical (unpaired) electrons. The van der Waals surface area contributed by atoms with E-state index >= 15 is 0 Å². The van der Waals surface area contributed by atoms with Crippen molar-refractivity contribution in [2.45, 2.75) is 20.4 Å². The number of hydrogen-bond donors (Lipinski definition) is 1. The summed E-state index contributed by atoms with van der Waals surface area (Å²) in [5.74, 6) is -1.15. The van der Waals surface area contributed by atoms with Crippen molar-refractivity contribution in [3.05, 3.63) is 64.9 Å². The van der Waals surface area contributed by atoms with E-state index < -0.39 is 11.9 Å². The quantitative estimate of drug-likeness (QED) is 0.189. The van der Waals surface area contributed by atoms with E-state index in [0.717, 1.165) is 0 Å². The minimum absolute atomic E-state index is 0. The zero-order valence-electron chi connectivity index (χ0n) is 15.3. The summed E-state index contributed by atoms with van der Waals surface area (Å²) >= 11 is 5.81. The number of hydrogen-bond acceptors (Lipinski definition) is 5. The van der Waals surface area contributed by atoms with Crippen LogP contribution in [0.5, 0.6) is 0 Å². The topological polar surface area (TPSA) is 88.7 Å². The highest BCUT2D eigenvalue weighted by molar-refractivity contribution is 6.35. The highest BCUT2D eigenvalue weighted by Crippen LogP contribution is 2.10. The van der Waals surface area contributed by atoms with Gasteiger partial charge in [-0.3, -0.25) is 9.59 Å². The number of ketones is 1. The monoisotopic (exact) mass is 467 g/mol. The minimum Gasteiger partial charge on any atom is -1.00 e. The van der Waals surface area contributed by atoms with Crippen LogP contribution in [-0.4, -0.2) is 30.0 Å². The number of carbonyl (C=O) groups is 3. The van der Waals surface area contributed by atoms with Gasteiger partial charge in [0.2, 0.25) is 12.3 Å². The van der Waals surface area contributed by atoms with Crippen molar-refractivity contribution in [1.29, 1.82) is 0 Å². The summed E-state index contributed by atoms with van der Waals surface area (Å²) in [5, 5.41) is 4.27. The smallest absolute Gasteiger partial charge is 0.354 e. The summed E-state index contributed by atoms with van der Waals surface area (Å²) < 4.78 is 6.43. The Morgan fingerprint density at radius 1 is 1.07 bits per heavy atom. The van der Waals surface area contributed by atoms with Crippen LogP contribution in [0.2, 0.25) is 5.02 Å². The maximum atomic E-state index is 12.2. The summed E-state index contributed by atoms with van der Waals surface area (Å²) in [4.78, 5) is 35.7. The maximum absolute atomic E-state index is 12.2. The molecule has 7 nitrogen and oxygen atoms in total. The number of nitrogens with zero attached hydrogens (tertiary/aromatic N) is 2. The van der Waals surface area contributed by atoms with Gasteiger partial charge in [-0.2, -0.15) is 9.67 Å². The fraction of sp³-hybridized carbons (Fsp3) is 0.211. The maximum Gasteiger partial charge on any atom is 0.354 e. The number of hydrazone groups is 1. The summed E-state index contributed by atoms with van der Waals surface area (Å²) in [6.45, 7) is 3.48. The third-order valence-corrected chi connectivity index (χ3v) is 3.79. The van der Waals surface area contributed by atoms with Crippen LogP contribution < -0.4 is 27.0 Å². The fourth-order valence-electron chi connectivity index (χ4n) is 2.09. The van der Waals surface area contributed by atoms with E-state index in [1.807, 2.05) is 0 Å². The first-order chi connectivity index (χ1) is 12.9. The Kier molecular flexibility index (Phi) is 9.47. The van der Waals surface area contributed by atoms with Gasteiger partial charge < -0.3 is 21.7 Å². The predicted octanol–water partition coefficient (Wildman–Crippen LogP) is -0.817. The molecule has 2 rings (SSSR count). The first-order valence-electron chi connectivity index (χ1n) is 8.20. The molecule has 0 spiro atoms. The molecule has 28 heavy (non-hydrogen) atoms. The molecular weight excluding hydrogens is 450 g/mol. The van der Waals surface area contributed by atoms with Crippen molar-refractivity contribution in [1.82, 2.24) is 5.43 Å². The van der Waals surface area contributed by atoms with Gasteiger partial charge in [-0.1, -0.05) is 11.6 Å². The standard InChI is InChI=1S/C19H18ClN3O4.BrH/c1-3-27-19(26)13(2)21-22-18(25)15-8-10-23(11-9-15)12-17(24)14-4-6-16(20)7-5-14;/h4-11H,3,12H2,1-2H3;1H. The molecule has 0 fully saturated rings. The molecule has 1 aromatic heterocycles. The van der Waals surface area contributed by atoms with E-state index in [-0.39, 0.29) is 41.6 Å². The lowest BCUT2D eigenvalue weighted by Gasteiger charge is -2.03. The third-order valence-electron chi connectivity index (χ3n) is 3.54. The number of pyridine rings is 1. The molecule has 0 saturated carbocycles. The Labute approximate surface area is 178 Å². The van der Waals surface area contributed by atoms with Crippen LogP contribution in [0.1, 0.15) is 34.6 Å². The van der Waals surface area contributed by atoms with E-state index in [1.54, 1.807) is 60.3 Å². The molecule has 0 bridgehead atoms. The van der Waals surface area contributed by atoms with Gasteiger partial charge in [0.1, 0.15) is 5.71 Å². The highest BCUT2D eigenvalue weighted by atomic mass is 79.9. The highest BCUT2D eigenvalue weighted by Gasteiger charge is 2.14. The van der Waals surface area contributed by atoms with E-state index in [1.165, 1.54) is 6.92 Å². The molecule has 0 unspecified atom stereocenters. The number of amides is 1. The Morgan fingerprint density at radius 3 is 2.25 bits per heavy atom. The Bertz CT molecular complexity index is 868. The Hall–Kier alpha value is -2.58. The van der Waals surface area contributed by atoms with E-state index in [2.05, 4.69) is 10.5 Å². The number of ether oxygens (including phenoxy) is 1. The van der Waals surface area contributed by atoms with Crippen LogP contribution in [0.3, 0.4) is 0 Å². The minimum atomic E-state index is -0.593. The van der Waals surface area contributed by atoms with Crippen molar-refractivity contribution in [2.75, 3.05) is 6.61 Å². The number of carbonyl (C=O) groups excluding carboxylic acids is 3. The van der Waals surface area contributed by atoms with E-state index in [4.69, 9.17) is 16.3 Å². The van der Waals surface area contributed by atoms with Crippen LogP contribution in [0.25, 0.3) is 0 Å². The van der Waals surface area contributed by atoms with Crippen LogP contribution in [0.15, 0.2) is 53.9 Å². The van der Waals surface area contributed by atoms with Gasteiger partial charge in [-0.15, -0.1) is 0 Å². The third kappa shape index (κ3) is 6.86. The van der Waals surface area contributed by atoms with Crippen molar-refractivity contribution < 1.29 is 40.7 Å². The number of nitrogens with one attached hydrogen (secondary N) is 1. The molecular formula is C19H19BrClN3O4. The number of halogens is 2. The molecule has 0 aliphatic rings. The first-order valence-corrected chi connectivity index (χ1v) is 8.58. The van der Waals surface area contributed by atoms with Gasteiger partial charge >= 0.3 is 5.97 Å². The average Bonchev–Trinajstić information content (AvgIpc) is 2.67. The lowest BCUT2D eigenvalue weighted by Crippen LogP contribution is -3.00. The summed E-state index contributed by atoms with van der Waals surface area (Å²) in [7, 11) is 0. The Balaban J connectivity index is 0.00000392. The second-order valence-electron chi connectivity index (χ2n) is 5.55. The summed E-state index contributed by atoms with van der Waals surface area (Å²) in [5.41, 5.74) is 3.23. The fourth-order valence-corrected chi connectivity index (χ4v) is 2.21. The van der Waals surface area contributed by atoms with E-state index in [9.17, 15) is 14.4 Å².